The van der Waals surface area contributed by atoms with Crippen molar-refractivity contribution in [2.45, 2.75) is 50.5 Å². The van der Waals surface area contributed by atoms with E-state index in [9.17, 15) is 13.2 Å². The molecule has 1 amide bonds. The highest BCUT2D eigenvalue weighted by Crippen LogP contribution is 2.25. The lowest BCUT2D eigenvalue weighted by molar-refractivity contribution is -0.116. The van der Waals surface area contributed by atoms with Crippen LogP contribution in [-0.2, 0) is 21.2 Å². The van der Waals surface area contributed by atoms with Crippen LogP contribution in [0.25, 0.3) is 0 Å². The first kappa shape index (κ1) is 23.7. The van der Waals surface area contributed by atoms with Gasteiger partial charge in [0.2, 0.25) is 15.9 Å². The summed E-state index contributed by atoms with van der Waals surface area (Å²) in [7, 11) is -3.44. The van der Waals surface area contributed by atoms with Gasteiger partial charge >= 0.3 is 0 Å². The molecular formula is C25H34N4O3S. The van der Waals surface area contributed by atoms with Crippen molar-refractivity contribution in [3.8, 4) is 0 Å². The number of sulfonamides is 1. The maximum atomic E-state index is 12.5. The molecule has 2 aliphatic rings. The quantitative estimate of drug-likeness (QED) is 0.588. The Morgan fingerprint density at radius 1 is 1.03 bits per heavy atom. The van der Waals surface area contributed by atoms with Gasteiger partial charge in [0.05, 0.1) is 4.90 Å². The van der Waals surface area contributed by atoms with Crippen molar-refractivity contribution in [3.05, 3.63) is 53.6 Å². The molecule has 0 bridgehead atoms. The zero-order chi connectivity index (χ0) is 23.4. The number of carbonyl (C=O) groups excluding carboxylic acids is 1. The van der Waals surface area contributed by atoms with E-state index in [-0.39, 0.29) is 16.8 Å². The first-order chi connectivity index (χ1) is 15.8. The van der Waals surface area contributed by atoms with Gasteiger partial charge in [-0.05, 0) is 74.2 Å². The monoisotopic (exact) mass is 470 g/mol. The van der Waals surface area contributed by atoms with Crippen LogP contribution in [0.2, 0.25) is 0 Å². The number of benzene rings is 2. The Morgan fingerprint density at radius 3 is 2.33 bits per heavy atom. The molecule has 7 nitrogen and oxygen atoms in total. The summed E-state index contributed by atoms with van der Waals surface area (Å²) >= 11 is 0. The zero-order valence-electron chi connectivity index (χ0n) is 19.5. The molecule has 1 aliphatic carbocycles. The average molecular weight is 471 g/mol. The predicted molar refractivity (Wildman–Crippen MR) is 132 cm³/mol. The minimum Gasteiger partial charge on any atom is -0.369 e. The van der Waals surface area contributed by atoms with Crippen LogP contribution in [0.1, 0.15) is 37.3 Å². The first-order valence-corrected chi connectivity index (χ1v) is 13.3. The minimum absolute atomic E-state index is 0.0468. The van der Waals surface area contributed by atoms with Crippen molar-refractivity contribution in [1.82, 2.24) is 9.62 Å². The van der Waals surface area contributed by atoms with Crippen LogP contribution in [0.3, 0.4) is 0 Å². The highest BCUT2D eigenvalue weighted by atomic mass is 32.2. The van der Waals surface area contributed by atoms with Gasteiger partial charge in [-0.1, -0.05) is 19.1 Å². The standard InChI is InChI=1S/C25H34N4O3S/c1-3-28-14-16-29(17-15-28)22-9-12-24(19(2)18-22)26-25(30)13-6-20-4-10-23(11-5-20)33(31,32)27-21-7-8-21/h4-5,9-12,18,21,27H,3,6-8,13-17H2,1-2H3,(H,26,30). The van der Waals surface area contributed by atoms with Gasteiger partial charge in [-0.15, -0.1) is 0 Å². The highest BCUT2D eigenvalue weighted by molar-refractivity contribution is 7.89. The van der Waals surface area contributed by atoms with E-state index >= 15 is 0 Å². The fourth-order valence-corrected chi connectivity index (χ4v) is 5.41. The molecule has 0 radical (unpaired) electrons. The second-order valence-electron chi connectivity index (χ2n) is 9.01. The Morgan fingerprint density at radius 2 is 1.73 bits per heavy atom. The van der Waals surface area contributed by atoms with E-state index in [1.54, 1.807) is 24.3 Å². The molecule has 33 heavy (non-hydrogen) atoms. The first-order valence-electron chi connectivity index (χ1n) is 11.8. The molecule has 1 aliphatic heterocycles. The van der Waals surface area contributed by atoms with Gasteiger partial charge in [0.15, 0.2) is 0 Å². The predicted octanol–water partition coefficient (Wildman–Crippen LogP) is 3.15. The molecule has 2 fully saturated rings. The molecule has 0 spiro atoms. The molecular weight excluding hydrogens is 436 g/mol. The topological polar surface area (TPSA) is 81.8 Å². The third-order valence-electron chi connectivity index (χ3n) is 6.44. The van der Waals surface area contributed by atoms with Gasteiger partial charge in [-0.3, -0.25) is 4.79 Å². The Labute approximate surface area is 197 Å². The van der Waals surface area contributed by atoms with Crippen LogP contribution in [0.15, 0.2) is 47.4 Å². The molecule has 4 rings (SSSR count). The van der Waals surface area contributed by atoms with E-state index in [1.165, 1.54) is 5.69 Å². The van der Waals surface area contributed by atoms with Gasteiger partial charge in [-0.25, -0.2) is 13.1 Å². The smallest absolute Gasteiger partial charge is 0.240 e. The van der Waals surface area contributed by atoms with Gasteiger partial charge in [-0.2, -0.15) is 0 Å². The van der Waals surface area contributed by atoms with Crippen LogP contribution in [0, 0.1) is 6.92 Å². The number of rotatable bonds is 9. The molecule has 0 aromatic heterocycles. The third-order valence-corrected chi connectivity index (χ3v) is 7.98. The summed E-state index contributed by atoms with van der Waals surface area (Å²) in [5.74, 6) is -0.0468. The van der Waals surface area contributed by atoms with E-state index in [0.717, 1.165) is 62.4 Å². The fourth-order valence-electron chi connectivity index (χ4n) is 4.10. The molecule has 0 atom stereocenters. The summed E-state index contributed by atoms with van der Waals surface area (Å²) in [5.41, 5.74) is 4.03. The third kappa shape index (κ3) is 6.34. The number of piperazine rings is 1. The number of aryl methyl sites for hydroxylation is 2. The van der Waals surface area contributed by atoms with Crippen molar-refractivity contribution in [2.75, 3.05) is 42.9 Å². The van der Waals surface area contributed by atoms with Crippen LogP contribution in [0.5, 0.6) is 0 Å². The zero-order valence-corrected chi connectivity index (χ0v) is 20.3. The molecule has 1 heterocycles. The van der Waals surface area contributed by atoms with Crippen molar-refractivity contribution in [2.24, 2.45) is 0 Å². The second-order valence-corrected chi connectivity index (χ2v) is 10.7. The van der Waals surface area contributed by atoms with Crippen molar-refractivity contribution in [3.63, 3.8) is 0 Å². The number of hydrogen-bond acceptors (Lipinski definition) is 5. The summed E-state index contributed by atoms with van der Waals surface area (Å²) in [5, 5.41) is 3.02. The normalized spacial score (nSPS) is 17.2. The maximum absolute atomic E-state index is 12.5. The van der Waals surface area contributed by atoms with Crippen LogP contribution < -0.4 is 14.9 Å². The van der Waals surface area contributed by atoms with Crippen LogP contribution in [-0.4, -0.2) is 58.0 Å². The Balaban J connectivity index is 1.28. The number of amides is 1. The van der Waals surface area contributed by atoms with Gasteiger partial charge in [0, 0.05) is 50.0 Å². The maximum Gasteiger partial charge on any atom is 0.240 e. The van der Waals surface area contributed by atoms with Gasteiger partial charge in [0.25, 0.3) is 0 Å². The molecule has 2 aromatic carbocycles. The van der Waals surface area contributed by atoms with E-state index in [0.29, 0.717) is 12.8 Å². The van der Waals surface area contributed by atoms with E-state index < -0.39 is 10.0 Å². The van der Waals surface area contributed by atoms with Gasteiger partial charge in [0.1, 0.15) is 0 Å². The molecule has 2 aromatic rings. The van der Waals surface area contributed by atoms with E-state index in [4.69, 9.17) is 0 Å². The fraction of sp³-hybridized carbons (Fsp3) is 0.480. The summed E-state index contributed by atoms with van der Waals surface area (Å²) in [6.45, 7) is 9.53. The Hall–Kier alpha value is -2.42. The lowest BCUT2D eigenvalue weighted by Gasteiger charge is -2.35. The summed E-state index contributed by atoms with van der Waals surface area (Å²) in [4.78, 5) is 17.6. The SMILES string of the molecule is CCN1CCN(c2ccc(NC(=O)CCc3ccc(S(=O)(=O)NC4CC4)cc3)c(C)c2)CC1. The highest BCUT2D eigenvalue weighted by Gasteiger charge is 2.27. The number of hydrogen-bond donors (Lipinski definition) is 2. The molecule has 0 unspecified atom stereocenters. The van der Waals surface area contributed by atoms with Crippen molar-refractivity contribution >= 4 is 27.3 Å². The average Bonchev–Trinajstić information content (AvgIpc) is 3.63. The summed E-state index contributed by atoms with van der Waals surface area (Å²) < 4.78 is 27.2. The Kier molecular flexibility index (Phi) is 7.36. The number of likely N-dealkylation sites (N-methyl/N-ethyl adjacent to an activating group) is 1. The summed E-state index contributed by atoms with van der Waals surface area (Å²) in [6, 6.07) is 13.1. The van der Waals surface area contributed by atoms with Crippen molar-refractivity contribution in [1.29, 1.82) is 0 Å². The number of anilines is 2. The number of carbonyl (C=O) groups is 1. The molecule has 178 valence electrons. The number of nitrogens with one attached hydrogen (secondary N) is 2. The van der Waals surface area contributed by atoms with E-state index in [2.05, 4.69) is 38.9 Å². The number of nitrogens with zero attached hydrogens (tertiary/aromatic N) is 2. The molecule has 8 heteroatoms. The minimum atomic E-state index is -3.44. The lowest BCUT2D eigenvalue weighted by atomic mass is 10.1. The lowest BCUT2D eigenvalue weighted by Crippen LogP contribution is -2.46. The Bertz CT molecular complexity index is 1070. The summed E-state index contributed by atoms with van der Waals surface area (Å²) in [6.07, 6.45) is 2.71. The van der Waals surface area contributed by atoms with Crippen LogP contribution >= 0.6 is 0 Å². The van der Waals surface area contributed by atoms with Crippen molar-refractivity contribution < 1.29 is 13.2 Å². The second kappa shape index (κ2) is 10.2. The van der Waals surface area contributed by atoms with Gasteiger partial charge < -0.3 is 15.1 Å². The van der Waals surface area contributed by atoms with E-state index in [1.807, 2.05) is 13.0 Å². The van der Waals surface area contributed by atoms with Crippen LogP contribution in [0.4, 0.5) is 11.4 Å². The molecule has 1 saturated carbocycles. The molecule has 1 saturated heterocycles. The molecule has 2 N–H and O–H groups in total. The largest absolute Gasteiger partial charge is 0.369 e.